The molecule has 1 N–H and O–H groups in total. The van der Waals surface area contributed by atoms with Crippen LogP contribution < -0.4 is 5.32 Å². The van der Waals surface area contributed by atoms with Crippen LogP contribution in [0.2, 0.25) is 0 Å². The summed E-state index contributed by atoms with van der Waals surface area (Å²) in [7, 11) is 0. The standard InChI is InChI=1S/C35H49N3O6S/c1-20(39)44-25-10-11-33(6)24(30(25,2)3)9-12-35(8)27(33)23(40)17-21-22-18-32(5,14-13-31(22,4)15-16-34(21,35)7)28(41)37-29-36-19-26(45-29)38(42)43/h17,19,22,24-25,27H,9-16,18H2,1-8H3,(H,36,37,41). The van der Waals surface area contributed by atoms with Gasteiger partial charge in [0.25, 0.3) is 0 Å². The summed E-state index contributed by atoms with van der Waals surface area (Å²) < 4.78 is 5.85. The third kappa shape index (κ3) is 4.58. The fraction of sp³-hybridized carbons (Fsp3) is 0.771. The third-order valence-corrected chi connectivity index (χ3v) is 15.1. The van der Waals surface area contributed by atoms with Gasteiger partial charge >= 0.3 is 11.0 Å². The second-order valence-corrected chi connectivity index (χ2v) is 17.9. The number of ether oxygens (including phenoxy) is 1. The van der Waals surface area contributed by atoms with Gasteiger partial charge < -0.3 is 10.1 Å². The largest absolute Gasteiger partial charge is 0.462 e. The Morgan fingerprint density at radius 3 is 2.36 bits per heavy atom. The van der Waals surface area contributed by atoms with Crippen LogP contribution in [0.3, 0.4) is 0 Å². The first-order valence-corrected chi connectivity index (χ1v) is 17.5. The molecule has 0 saturated heterocycles. The van der Waals surface area contributed by atoms with Crippen LogP contribution in [0.15, 0.2) is 17.8 Å². The average Bonchev–Trinajstić information content (AvgIpc) is 3.41. The molecule has 0 spiro atoms. The molecule has 1 aromatic heterocycles. The Hall–Kier alpha value is -2.62. The lowest BCUT2D eigenvalue weighted by Gasteiger charge is -2.70. The Labute approximate surface area is 270 Å². The quantitative estimate of drug-likeness (QED) is 0.201. The maximum atomic E-state index is 14.6. The monoisotopic (exact) mass is 639 g/mol. The van der Waals surface area contributed by atoms with E-state index >= 15 is 0 Å². The van der Waals surface area contributed by atoms with Crippen LogP contribution in [0, 0.1) is 60.4 Å². The number of thiazole rings is 1. The molecule has 1 heterocycles. The first kappa shape index (κ1) is 32.3. The van der Waals surface area contributed by atoms with Crippen molar-refractivity contribution < 1.29 is 24.0 Å². The summed E-state index contributed by atoms with van der Waals surface area (Å²) in [6.07, 6.45) is 10.9. The summed E-state index contributed by atoms with van der Waals surface area (Å²) in [4.78, 5) is 55.1. The number of rotatable bonds is 4. The number of allylic oxidation sites excluding steroid dienone is 2. The minimum Gasteiger partial charge on any atom is -0.462 e. The fourth-order valence-electron chi connectivity index (χ4n) is 11.4. The topological polar surface area (TPSA) is 128 Å². The first-order valence-electron chi connectivity index (χ1n) is 16.7. The van der Waals surface area contributed by atoms with Gasteiger partial charge in [0, 0.05) is 23.7 Å². The predicted molar refractivity (Wildman–Crippen MR) is 172 cm³/mol. The summed E-state index contributed by atoms with van der Waals surface area (Å²) in [5.41, 5.74) is -0.280. The van der Waals surface area contributed by atoms with Gasteiger partial charge in [-0.1, -0.05) is 54.0 Å². The Morgan fingerprint density at radius 1 is 1.02 bits per heavy atom. The van der Waals surface area contributed by atoms with E-state index in [0.717, 1.165) is 62.7 Å². The number of hydrogen-bond donors (Lipinski definition) is 1. The van der Waals surface area contributed by atoms with Crippen molar-refractivity contribution >= 4 is 39.1 Å². The molecule has 45 heavy (non-hydrogen) atoms. The normalized spacial score (nSPS) is 43.5. The molecule has 5 aliphatic carbocycles. The lowest BCUT2D eigenvalue weighted by Crippen LogP contribution is -2.66. The second-order valence-electron chi connectivity index (χ2n) is 16.9. The van der Waals surface area contributed by atoms with Gasteiger partial charge in [-0.25, -0.2) is 4.98 Å². The van der Waals surface area contributed by atoms with E-state index in [0.29, 0.717) is 6.42 Å². The van der Waals surface area contributed by atoms with Gasteiger partial charge in [0.2, 0.25) is 5.91 Å². The van der Waals surface area contributed by atoms with Crippen LogP contribution >= 0.6 is 11.3 Å². The van der Waals surface area contributed by atoms with Crippen molar-refractivity contribution in [2.24, 2.45) is 50.2 Å². The second kappa shape index (κ2) is 10.2. The van der Waals surface area contributed by atoms with Crippen LogP contribution in [-0.4, -0.2) is 33.7 Å². The maximum Gasteiger partial charge on any atom is 0.345 e. The molecule has 0 aromatic carbocycles. The smallest absolute Gasteiger partial charge is 0.345 e. The van der Waals surface area contributed by atoms with E-state index in [4.69, 9.17) is 4.74 Å². The predicted octanol–water partition coefficient (Wildman–Crippen LogP) is 7.90. The number of hydrogen-bond acceptors (Lipinski definition) is 8. The van der Waals surface area contributed by atoms with E-state index in [2.05, 4.69) is 51.8 Å². The number of nitro groups is 1. The lowest BCUT2D eigenvalue weighted by atomic mass is 9.33. The molecule has 9 nitrogen and oxygen atoms in total. The van der Waals surface area contributed by atoms with Gasteiger partial charge in [-0.2, -0.15) is 0 Å². The summed E-state index contributed by atoms with van der Waals surface area (Å²) in [5.74, 6) is 0.0780. The molecule has 1 amide bonds. The molecule has 0 bridgehead atoms. The first-order chi connectivity index (χ1) is 20.8. The number of esters is 1. The lowest BCUT2D eigenvalue weighted by molar-refractivity contribution is -0.380. The number of carbonyl (C=O) groups excluding carboxylic acids is 3. The van der Waals surface area contributed by atoms with E-state index in [1.54, 1.807) is 0 Å². The highest BCUT2D eigenvalue weighted by Crippen LogP contribution is 2.75. The van der Waals surface area contributed by atoms with E-state index in [9.17, 15) is 24.5 Å². The van der Waals surface area contributed by atoms with Crippen molar-refractivity contribution in [1.82, 2.24) is 4.98 Å². The fourth-order valence-corrected chi connectivity index (χ4v) is 12.1. The molecule has 6 rings (SSSR count). The zero-order valence-electron chi connectivity index (χ0n) is 28.1. The third-order valence-electron chi connectivity index (χ3n) is 14.3. The molecule has 9 atom stereocenters. The van der Waals surface area contributed by atoms with Crippen molar-refractivity contribution in [3.05, 3.63) is 28.0 Å². The van der Waals surface area contributed by atoms with E-state index in [1.165, 1.54) is 18.7 Å². The van der Waals surface area contributed by atoms with Gasteiger partial charge in [0.05, 0.1) is 4.92 Å². The Balaban J connectivity index is 1.33. The molecule has 1 aromatic rings. The van der Waals surface area contributed by atoms with Gasteiger partial charge in [-0.05, 0) is 109 Å². The van der Waals surface area contributed by atoms with Gasteiger partial charge in [-0.3, -0.25) is 24.5 Å². The maximum absolute atomic E-state index is 14.6. The highest BCUT2D eigenvalue weighted by Gasteiger charge is 2.70. The number of aromatic nitrogens is 1. The van der Waals surface area contributed by atoms with Crippen molar-refractivity contribution in [1.29, 1.82) is 0 Å². The zero-order valence-corrected chi connectivity index (χ0v) is 28.9. The number of nitrogens with zero attached hydrogens (tertiary/aromatic N) is 2. The molecule has 246 valence electrons. The highest BCUT2D eigenvalue weighted by molar-refractivity contribution is 7.18. The molecule has 9 unspecified atom stereocenters. The minimum atomic E-state index is -0.687. The van der Waals surface area contributed by atoms with Crippen molar-refractivity contribution in [2.75, 3.05) is 5.32 Å². The molecular weight excluding hydrogens is 590 g/mol. The van der Waals surface area contributed by atoms with Crippen LogP contribution in [0.25, 0.3) is 0 Å². The SMILES string of the molecule is CC(=O)OC1CCC2(C)C(CCC3(C)C2C(=O)C=C2C4CC(C)(C(=O)Nc5ncc([N+](=O)[O-])s5)CCC4(C)CCC23C)C1(C)C. The molecule has 0 radical (unpaired) electrons. The van der Waals surface area contributed by atoms with Crippen LogP contribution in [0.4, 0.5) is 10.1 Å². The average molecular weight is 640 g/mol. The van der Waals surface area contributed by atoms with Gasteiger partial charge in [0.15, 0.2) is 10.9 Å². The molecule has 4 fully saturated rings. The van der Waals surface area contributed by atoms with Gasteiger partial charge in [0.1, 0.15) is 12.3 Å². The van der Waals surface area contributed by atoms with E-state index in [1.807, 2.05) is 13.0 Å². The zero-order chi connectivity index (χ0) is 33.0. The Morgan fingerprint density at radius 2 is 1.71 bits per heavy atom. The van der Waals surface area contributed by atoms with Crippen LogP contribution in [0.1, 0.15) is 113 Å². The number of nitrogens with one attached hydrogen (secondary N) is 1. The van der Waals surface area contributed by atoms with Gasteiger partial charge in [-0.15, -0.1) is 0 Å². The number of ketones is 1. The molecule has 4 saturated carbocycles. The number of anilines is 1. The minimum absolute atomic E-state index is 0.000236. The summed E-state index contributed by atoms with van der Waals surface area (Å²) in [6, 6.07) is 0. The number of amides is 1. The molecule has 10 heteroatoms. The van der Waals surface area contributed by atoms with Crippen molar-refractivity contribution in [3.8, 4) is 0 Å². The summed E-state index contributed by atoms with van der Waals surface area (Å²) in [5, 5.41) is 14.2. The van der Waals surface area contributed by atoms with Crippen molar-refractivity contribution in [3.63, 3.8) is 0 Å². The van der Waals surface area contributed by atoms with E-state index in [-0.39, 0.29) is 78.7 Å². The van der Waals surface area contributed by atoms with E-state index < -0.39 is 10.3 Å². The van der Waals surface area contributed by atoms with Crippen LogP contribution in [-0.2, 0) is 19.1 Å². The molecule has 0 aliphatic heterocycles. The van der Waals surface area contributed by atoms with Crippen LogP contribution in [0.5, 0.6) is 0 Å². The Bertz CT molecular complexity index is 1500. The number of carbonyl (C=O) groups is 3. The molecular formula is C35H49N3O6S. The molecule has 5 aliphatic rings. The van der Waals surface area contributed by atoms with Crippen molar-refractivity contribution in [2.45, 2.75) is 119 Å². The number of fused-ring (bicyclic) bond motifs is 7. The Kier molecular flexibility index (Phi) is 7.32. The summed E-state index contributed by atoms with van der Waals surface area (Å²) in [6.45, 7) is 17.4. The summed E-state index contributed by atoms with van der Waals surface area (Å²) >= 11 is 0.872. The highest BCUT2D eigenvalue weighted by atomic mass is 32.1.